The highest BCUT2D eigenvalue weighted by Gasteiger charge is 2.15. The first-order valence-corrected chi connectivity index (χ1v) is 7.36. The van der Waals surface area contributed by atoms with E-state index in [1.54, 1.807) is 18.2 Å². The quantitative estimate of drug-likeness (QED) is 0.820. The van der Waals surface area contributed by atoms with Gasteiger partial charge < -0.3 is 5.11 Å². The minimum Gasteiger partial charge on any atom is -0.506 e. The Balaban J connectivity index is 2.96. The van der Waals surface area contributed by atoms with Crippen LogP contribution in [-0.2, 0) is 9.05 Å². The number of benzene rings is 2. The summed E-state index contributed by atoms with van der Waals surface area (Å²) in [7, 11) is 1.50. The van der Waals surface area contributed by atoms with Crippen molar-refractivity contribution in [2.24, 2.45) is 0 Å². The van der Waals surface area contributed by atoms with Crippen molar-refractivity contribution >= 4 is 46.4 Å². The summed E-state index contributed by atoms with van der Waals surface area (Å²) >= 11 is 3.16. The number of hydrogen-bond donors (Lipinski definition) is 1. The van der Waals surface area contributed by atoms with Crippen LogP contribution in [0.4, 0.5) is 0 Å². The SMILES string of the molecule is O=S(=O)(Cl)c1cccc2c(O)c(Br)ccc12. The van der Waals surface area contributed by atoms with Gasteiger partial charge in [-0.05, 0) is 28.1 Å². The summed E-state index contributed by atoms with van der Waals surface area (Å²) < 4.78 is 23.1. The van der Waals surface area contributed by atoms with Gasteiger partial charge in [0.05, 0.1) is 9.37 Å². The van der Waals surface area contributed by atoms with Crippen LogP contribution in [0.3, 0.4) is 0 Å². The van der Waals surface area contributed by atoms with Crippen LogP contribution in [0, 0.1) is 0 Å². The molecule has 2 rings (SSSR count). The molecule has 0 aliphatic heterocycles. The topological polar surface area (TPSA) is 54.4 Å². The van der Waals surface area contributed by atoms with E-state index in [1.807, 2.05) is 0 Å². The highest BCUT2D eigenvalue weighted by molar-refractivity contribution is 9.10. The summed E-state index contributed by atoms with van der Waals surface area (Å²) in [5.41, 5.74) is 0. The number of phenolic OH excluding ortho intramolecular Hbond substituents is 1. The van der Waals surface area contributed by atoms with Crippen molar-refractivity contribution in [3.05, 3.63) is 34.8 Å². The van der Waals surface area contributed by atoms with E-state index in [0.29, 0.717) is 15.2 Å². The highest BCUT2D eigenvalue weighted by Crippen LogP contribution is 2.35. The van der Waals surface area contributed by atoms with E-state index in [0.717, 1.165) is 0 Å². The zero-order chi connectivity index (χ0) is 11.9. The Morgan fingerprint density at radius 1 is 1.12 bits per heavy atom. The molecule has 0 heterocycles. The Kier molecular flexibility index (Phi) is 2.86. The molecule has 0 atom stereocenters. The normalized spacial score (nSPS) is 11.9. The summed E-state index contributed by atoms with van der Waals surface area (Å²) in [6, 6.07) is 7.72. The van der Waals surface area contributed by atoms with Gasteiger partial charge in [0.25, 0.3) is 9.05 Å². The van der Waals surface area contributed by atoms with Crippen molar-refractivity contribution in [2.75, 3.05) is 0 Å². The van der Waals surface area contributed by atoms with Crippen LogP contribution in [0.1, 0.15) is 0 Å². The molecule has 0 bridgehead atoms. The molecule has 0 saturated carbocycles. The van der Waals surface area contributed by atoms with Crippen LogP contribution in [0.5, 0.6) is 5.75 Å². The second kappa shape index (κ2) is 3.91. The predicted molar refractivity (Wildman–Crippen MR) is 66.4 cm³/mol. The van der Waals surface area contributed by atoms with Gasteiger partial charge in [-0.1, -0.05) is 18.2 Å². The lowest BCUT2D eigenvalue weighted by molar-refractivity contribution is 0.478. The monoisotopic (exact) mass is 320 g/mol. The van der Waals surface area contributed by atoms with E-state index in [2.05, 4.69) is 15.9 Å². The molecule has 6 heteroatoms. The average Bonchev–Trinajstić information content (AvgIpc) is 2.21. The average molecular weight is 322 g/mol. The van der Waals surface area contributed by atoms with Gasteiger partial charge in [0.2, 0.25) is 0 Å². The van der Waals surface area contributed by atoms with Gasteiger partial charge in [0, 0.05) is 21.5 Å². The van der Waals surface area contributed by atoms with E-state index in [9.17, 15) is 13.5 Å². The summed E-state index contributed by atoms with van der Waals surface area (Å²) in [5, 5.41) is 10.6. The Labute approximate surface area is 105 Å². The Bertz CT molecular complexity index is 667. The van der Waals surface area contributed by atoms with E-state index in [-0.39, 0.29) is 10.6 Å². The van der Waals surface area contributed by atoms with Crippen molar-refractivity contribution < 1.29 is 13.5 Å². The zero-order valence-corrected chi connectivity index (χ0v) is 11.0. The zero-order valence-electron chi connectivity index (χ0n) is 7.81. The molecule has 2 aromatic rings. The van der Waals surface area contributed by atoms with Crippen LogP contribution in [-0.4, -0.2) is 13.5 Å². The summed E-state index contributed by atoms with van der Waals surface area (Å²) in [4.78, 5) is -0.00512. The molecule has 0 amide bonds. The minimum absolute atomic E-state index is 0.000309. The van der Waals surface area contributed by atoms with E-state index < -0.39 is 9.05 Å². The van der Waals surface area contributed by atoms with E-state index >= 15 is 0 Å². The lowest BCUT2D eigenvalue weighted by Crippen LogP contribution is -1.92. The van der Waals surface area contributed by atoms with Gasteiger partial charge in [-0.3, -0.25) is 0 Å². The molecule has 16 heavy (non-hydrogen) atoms. The fourth-order valence-electron chi connectivity index (χ4n) is 1.50. The maximum absolute atomic E-state index is 11.3. The molecule has 0 spiro atoms. The molecule has 0 fully saturated rings. The highest BCUT2D eigenvalue weighted by atomic mass is 79.9. The van der Waals surface area contributed by atoms with Crippen molar-refractivity contribution in [3.8, 4) is 5.75 Å². The van der Waals surface area contributed by atoms with Gasteiger partial charge in [-0.25, -0.2) is 8.42 Å². The lowest BCUT2D eigenvalue weighted by atomic mass is 10.1. The van der Waals surface area contributed by atoms with E-state index in [1.165, 1.54) is 12.1 Å². The molecule has 3 nitrogen and oxygen atoms in total. The van der Waals surface area contributed by atoms with Gasteiger partial charge in [0.15, 0.2) is 0 Å². The number of fused-ring (bicyclic) bond motifs is 1. The minimum atomic E-state index is -3.81. The molecular formula is C10H6BrClO3S. The molecule has 0 saturated heterocycles. The maximum atomic E-state index is 11.3. The smallest absolute Gasteiger partial charge is 0.261 e. The standard InChI is InChI=1S/C10H6BrClO3S/c11-8-5-4-6-7(10(8)13)2-1-3-9(6)16(12,14)15/h1-5,13H. The number of hydrogen-bond acceptors (Lipinski definition) is 3. The van der Waals surface area contributed by atoms with Gasteiger partial charge in [0.1, 0.15) is 5.75 Å². The first kappa shape index (κ1) is 11.7. The summed E-state index contributed by atoms with van der Waals surface area (Å²) in [5.74, 6) is -0.000309. The van der Waals surface area contributed by atoms with Crippen molar-refractivity contribution in [1.29, 1.82) is 0 Å². The molecule has 0 aliphatic rings. The molecule has 0 aromatic heterocycles. The maximum Gasteiger partial charge on any atom is 0.261 e. The molecule has 0 radical (unpaired) electrons. The largest absolute Gasteiger partial charge is 0.506 e. The van der Waals surface area contributed by atoms with Gasteiger partial charge in [-0.2, -0.15) is 0 Å². The van der Waals surface area contributed by atoms with Crippen molar-refractivity contribution in [3.63, 3.8) is 0 Å². The van der Waals surface area contributed by atoms with Crippen LogP contribution in [0.25, 0.3) is 10.8 Å². The fourth-order valence-corrected chi connectivity index (χ4v) is 2.93. The van der Waals surface area contributed by atoms with Crippen molar-refractivity contribution in [2.45, 2.75) is 4.90 Å². The lowest BCUT2D eigenvalue weighted by Gasteiger charge is -2.06. The fraction of sp³-hybridized carbons (Fsp3) is 0. The number of rotatable bonds is 1. The molecule has 0 aliphatic carbocycles. The van der Waals surface area contributed by atoms with Crippen LogP contribution in [0.15, 0.2) is 39.7 Å². The second-order valence-electron chi connectivity index (χ2n) is 3.19. The van der Waals surface area contributed by atoms with Gasteiger partial charge >= 0.3 is 0 Å². The van der Waals surface area contributed by atoms with Crippen LogP contribution < -0.4 is 0 Å². The van der Waals surface area contributed by atoms with Crippen LogP contribution in [0.2, 0.25) is 0 Å². The third-order valence-corrected chi connectivity index (χ3v) is 4.23. The number of phenols is 1. The first-order valence-electron chi connectivity index (χ1n) is 4.26. The second-order valence-corrected chi connectivity index (χ2v) is 6.57. The number of aromatic hydroxyl groups is 1. The van der Waals surface area contributed by atoms with E-state index in [4.69, 9.17) is 10.7 Å². The Hall–Kier alpha value is -0.780. The van der Waals surface area contributed by atoms with Crippen molar-refractivity contribution in [1.82, 2.24) is 0 Å². The predicted octanol–water partition coefficient (Wildman–Crippen LogP) is 3.24. The molecule has 84 valence electrons. The van der Waals surface area contributed by atoms with Crippen LogP contribution >= 0.6 is 26.6 Å². The molecule has 0 unspecified atom stereocenters. The third-order valence-electron chi connectivity index (χ3n) is 2.21. The molecular weight excluding hydrogens is 316 g/mol. The summed E-state index contributed by atoms with van der Waals surface area (Å²) in [6.45, 7) is 0. The summed E-state index contributed by atoms with van der Waals surface area (Å²) in [6.07, 6.45) is 0. The third kappa shape index (κ3) is 1.90. The molecule has 1 N–H and O–H groups in total. The molecule has 2 aromatic carbocycles. The first-order chi connectivity index (χ1) is 7.41. The van der Waals surface area contributed by atoms with Gasteiger partial charge in [-0.15, -0.1) is 0 Å². The number of halogens is 2. The Morgan fingerprint density at radius 3 is 2.44 bits per heavy atom. The Morgan fingerprint density at radius 2 is 1.81 bits per heavy atom.